The Bertz CT molecular complexity index is 1890. The van der Waals surface area contributed by atoms with E-state index in [4.69, 9.17) is 18.3 Å². The molecule has 2 heterocycles. The van der Waals surface area contributed by atoms with E-state index in [9.17, 15) is 14.0 Å². The maximum absolute atomic E-state index is 14.5. The van der Waals surface area contributed by atoms with Gasteiger partial charge in [-0.3, -0.25) is 4.79 Å². The second kappa shape index (κ2) is 16.0. The minimum atomic E-state index is -3.05. The van der Waals surface area contributed by atoms with Crippen molar-refractivity contribution in [2.75, 3.05) is 0 Å². The van der Waals surface area contributed by atoms with Crippen molar-refractivity contribution in [1.29, 1.82) is 0 Å². The molecule has 1 saturated heterocycles. The van der Waals surface area contributed by atoms with Gasteiger partial charge in [0.2, 0.25) is 0 Å². The lowest BCUT2D eigenvalue weighted by Crippen LogP contribution is -2.63. The Morgan fingerprint density at radius 1 is 0.796 bits per heavy atom. The molecule has 54 heavy (non-hydrogen) atoms. The lowest BCUT2D eigenvalue weighted by molar-refractivity contribution is -0.158. The van der Waals surface area contributed by atoms with Crippen LogP contribution in [0.1, 0.15) is 117 Å². The van der Waals surface area contributed by atoms with Gasteiger partial charge in [-0.25, -0.2) is 9.18 Å². The van der Waals surface area contributed by atoms with Crippen LogP contribution in [0.2, 0.25) is 10.1 Å². The van der Waals surface area contributed by atoms with Crippen LogP contribution in [0.25, 0.3) is 22.4 Å². The van der Waals surface area contributed by atoms with Crippen molar-refractivity contribution in [2.45, 2.75) is 136 Å². The maximum Gasteiger partial charge on any atom is 0.349 e. The molecule has 7 nitrogen and oxygen atoms in total. The summed E-state index contributed by atoms with van der Waals surface area (Å²) in [5, 5.41) is -0.637. The fourth-order valence-electron chi connectivity index (χ4n) is 7.98. The summed E-state index contributed by atoms with van der Waals surface area (Å²) < 4.78 is 42.8. The molecule has 5 rings (SSSR count). The van der Waals surface area contributed by atoms with Gasteiger partial charge in [0.25, 0.3) is 0 Å². The summed E-state index contributed by atoms with van der Waals surface area (Å²) >= 11 is 0. The topological polar surface area (TPSA) is 76.0 Å². The molecule has 4 aromatic rings. The van der Waals surface area contributed by atoms with Crippen LogP contribution in [0.15, 0.2) is 84.9 Å². The third kappa shape index (κ3) is 9.07. The van der Waals surface area contributed by atoms with Crippen LogP contribution < -0.4 is 4.74 Å². The number of hydrogen-bond donors (Lipinski definition) is 0. The molecule has 0 N–H and O–H groups in total. The SMILES string of the molecule is CC(C)c1c(C(=O)Oc2ccccc2)c(-c2ccccc2)c(-c2ccc(F)cc2)n1CC[C@@H]1C[C@H](CC(=O)OC(C)(C)C)O[Si](C(C)(C)C)(C(C)(C)C)O1. The number of aromatic nitrogens is 1. The third-order valence-electron chi connectivity index (χ3n) is 9.84. The van der Waals surface area contributed by atoms with Crippen LogP contribution in [0.5, 0.6) is 5.75 Å². The monoisotopic (exact) mass is 755 g/mol. The first-order chi connectivity index (χ1) is 25.2. The quantitative estimate of drug-likeness (QED) is 0.0911. The molecule has 0 amide bonds. The van der Waals surface area contributed by atoms with E-state index >= 15 is 0 Å². The van der Waals surface area contributed by atoms with E-state index in [-0.39, 0.29) is 46.4 Å². The Hall–Kier alpha value is -4.05. The van der Waals surface area contributed by atoms with E-state index in [1.54, 1.807) is 24.3 Å². The van der Waals surface area contributed by atoms with Crippen molar-refractivity contribution in [3.8, 4) is 28.1 Å². The van der Waals surface area contributed by atoms with Gasteiger partial charge >= 0.3 is 20.5 Å². The Morgan fingerprint density at radius 3 is 1.89 bits per heavy atom. The Morgan fingerprint density at radius 2 is 1.35 bits per heavy atom. The second-order valence-corrected chi connectivity index (χ2v) is 22.5. The molecule has 9 heteroatoms. The number of hydrogen-bond acceptors (Lipinski definition) is 6. The highest BCUT2D eigenvalue weighted by molar-refractivity contribution is 6.73. The summed E-state index contributed by atoms with van der Waals surface area (Å²) in [5.74, 6) is -0.738. The molecule has 1 aliphatic rings. The average molecular weight is 756 g/mol. The van der Waals surface area contributed by atoms with Crippen LogP contribution in [0, 0.1) is 5.82 Å². The van der Waals surface area contributed by atoms with E-state index in [1.165, 1.54) is 12.1 Å². The molecule has 1 aliphatic heterocycles. The Labute approximate surface area is 322 Å². The molecule has 3 aromatic carbocycles. The molecule has 0 aliphatic carbocycles. The van der Waals surface area contributed by atoms with E-state index in [2.05, 4.69) is 60.0 Å². The third-order valence-corrected chi connectivity index (χ3v) is 15.1. The van der Waals surface area contributed by atoms with Gasteiger partial charge < -0.3 is 22.9 Å². The zero-order valence-corrected chi connectivity index (χ0v) is 34.9. The smallest absolute Gasteiger partial charge is 0.349 e. The molecule has 1 fully saturated rings. The highest BCUT2D eigenvalue weighted by Crippen LogP contribution is 2.56. The van der Waals surface area contributed by atoms with Crippen LogP contribution in [-0.2, 0) is 24.9 Å². The predicted octanol–water partition coefficient (Wildman–Crippen LogP) is 11.6. The number of esters is 2. The van der Waals surface area contributed by atoms with Gasteiger partial charge in [0.15, 0.2) is 0 Å². The molecule has 0 spiro atoms. The molecule has 0 unspecified atom stereocenters. The van der Waals surface area contributed by atoms with Crippen LogP contribution in [-0.4, -0.2) is 42.9 Å². The summed E-state index contributed by atoms with van der Waals surface area (Å²) in [6.07, 6.45) is 0.593. The Kier molecular flexibility index (Phi) is 12.2. The van der Waals surface area contributed by atoms with E-state index in [1.807, 2.05) is 69.3 Å². The van der Waals surface area contributed by atoms with Gasteiger partial charge in [0.05, 0.1) is 29.9 Å². The molecule has 2 atom stereocenters. The lowest BCUT2D eigenvalue weighted by atomic mass is 9.95. The van der Waals surface area contributed by atoms with Gasteiger partial charge in [0.1, 0.15) is 17.2 Å². The first-order valence-corrected chi connectivity index (χ1v) is 20.9. The molecular formula is C45H58FNO6Si. The van der Waals surface area contributed by atoms with Crippen LogP contribution >= 0.6 is 0 Å². The Balaban J connectivity index is 1.66. The predicted molar refractivity (Wildman–Crippen MR) is 215 cm³/mol. The molecule has 1 aromatic heterocycles. The summed E-state index contributed by atoms with van der Waals surface area (Å²) in [6, 6.07) is 25.4. The number of ether oxygens (including phenoxy) is 2. The van der Waals surface area contributed by atoms with Crippen LogP contribution in [0.3, 0.4) is 0 Å². The van der Waals surface area contributed by atoms with Crippen molar-refractivity contribution in [3.05, 3.63) is 102 Å². The fraction of sp³-hybridized carbons (Fsp3) is 0.467. The summed E-state index contributed by atoms with van der Waals surface area (Å²) in [7, 11) is -3.05. The maximum atomic E-state index is 14.5. The van der Waals surface area contributed by atoms with Gasteiger partial charge in [0, 0.05) is 27.9 Å². The highest BCUT2D eigenvalue weighted by atomic mass is 28.4. The average Bonchev–Trinajstić information content (AvgIpc) is 3.42. The summed E-state index contributed by atoms with van der Waals surface area (Å²) in [4.78, 5) is 27.7. The zero-order valence-electron chi connectivity index (χ0n) is 33.9. The summed E-state index contributed by atoms with van der Waals surface area (Å²) in [6.45, 7) is 23.3. The standard InChI is InChI=1S/C45H58FNO6Si/c1-30(2)40-39(42(49)50-34-20-16-13-17-21-34)38(31-18-14-12-15-19-31)41(32-22-24-33(46)25-23-32)47(40)27-26-35-28-36(29-37(48)51-43(3,4)5)53-54(52-35,44(6,7)8)45(9,10)11/h12-25,30,35-36H,26-29H2,1-11H3/t35-,36-/m1/s1. The number of carbonyl (C=O) groups excluding carboxylic acids is 2. The van der Waals surface area contributed by atoms with E-state index in [0.717, 1.165) is 28.1 Å². The number of rotatable bonds is 10. The lowest BCUT2D eigenvalue weighted by Gasteiger charge is -2.55. The first kappa shape index (κ1) is 41.1. The minimum absolute atomic E-state index is 0.0897. The van der Waals surface area contributed by atoms with Crippen LogP contribution in [0.4, 0.5) is 4.39 Å². The molecule has 0 bridgehead atoms. The number of nitrogens with zero attached hydrogens (tertiary/aromatic N) is 1. The molecule has 0 radical (unpaired) electrons. The molecular weight excluding hydrogens is 698 g/mol. The molecule has 0 saturated carbocycles. The zero-order chi connectivity index (χ0) is 39.6. The van der Waals surface area contributed by atoms with Gasteiger partial charge in [-0.1, -0.05) is 104 Å². The normalized spacial score (nSPS) is 17.7. The van der Waals surface area contributed by atoms with Gasteiger partial charge in [-0.05, 0) is 87.1 Å². The van der Waals surface area contributed by atoms with E-state index < -0.39 is 20.1 Å². The second-order valence-electron chi connectivity index (χ2n) is 17.8. The molecule has 290 valence electrons. The van der Waals surface area contributed by atoms with Crippen molar-refractivity contribution in [3.63, 3.8) is 0 Å². The number of benzene rings is 3. The van der Waals surface area contributed by atoms with Crippen molar-refractivity contribution >= 4 is 20.5 Å². The van der Waals surface area contributed by atoms with Gasteiger partial charge in [-0.2, -0.15) is 0 Å². The highest BCUT2D eigenvalue weighted by Gasteiger charge is 2.62. The summed E-state index contributed by atoms with van der Waals surface area (Å²) in [5.41, 5.74) is 3.85. The first-order valence-electron chi connectivity index (χ1n) is 19.1. The van der Waals surface area contributed by atoms with E-state index in [0.29, 0.717) is 30.7 Å². The number of carbonyl (C=O) groups is 2. The number of para-hydroxylation sites is 1. The van der Waals surface area contributed by atoms with Crippen molar-refractivity contribution in [2.24, 2.45) is 0 Å². The van der Waals surface area contributed by atoms with Crippen molar-refractivity contribution < 1.29 is 32.3 Å². The minimum Gasteiger partial charge on any atom is -0.460 e. The van der Waals surface area contributed by atoms with Gasteiger partial charge in [-0.15, -0.1) is 0 Å². The fourth-order valence-corrected chi connectivity index (χ4v) is 13.0. The largest absolute Gasteiger partial charge is 0.460 e. The van der Waals surface area contributed by atoms with Crippen molar-refractivity contribution in [1.82, 2.24) is 4.57 Å². The number of halogens is 1.